The van der Waals surface area contributed by atoms with Crippen LogP contribution in [0.15, 0.2) is 70.8 Å². The molecule has 0 bridgehead atoms. The van der Waals surface area contributed by atoms with Gasteiger partial charge in [-0.15, -0.1) is 0 Å². The summed E-state index contributed by atoms with van der Waals surface area (Å²) in [5.41, 5.74) is 4.49. The van der Waals surface area contributed by atoms with Crippen LogP contribution in [0.4, 0.5) is 0 Å². The first-order valence-corrected chi connectivity index (χ1v) is 10.1. The van der Waals surface area contributed by atoms with Crippen molar-refractivity contribution in [3.05, 3.63) is 66.5 Å². The largest absolute Gasteiger partial charge is 0.497 e. The van der Waals surface area contributed by atoms with Crippen molar-refractivity contribution < 1.29 is 4.74 Å². The number of fused-ring (bicyclic) bond motifs is 1. The minimum Gasteiger partial charge on any atom is -0.497 e. The normalized spacial score (nSPS) is 11.3. The summed E-state index contributed by atoms with van der Waals surface area (Å²) in [6, 6.07) is 19.2. The van der Waals surface area contributed by atoms with Crippen molar-refractivity contribution >= 4 is 22.8 Å². The molecule has 4 nitrogen and oxygen atoms in total. The molecule has 0 atom stereocenters. The lowest BCUT2D eigenvalue weighted by Gasteiger charge is -2.14. The zero-order chi connectivity index (χ0) is 19.7. The molecule has 0 saturated carbocycles. The van der Waals surface area contributed by atoms with E-state index in [2.05, 4.69) is 77.8 Å². The Labute approximate surface area is 169 Å². The molecule has 2 heterocycles. The maximum atomic E-state index is 5.30. The molecule has 2 aromatic carbocycles. The zero-order valence-corrected chi connectivity index (χ0v) is 17.3. The standard InChI is InChI=1S/C23H23N3OS/c1-15(2)26-21(17-7-9-18(27-4)10-8-17)13-20-22(26)24-14-25-23(20)28-19-11-5-16(3)6-12-19/h5-15H,1-4H3. The first-order valence-electron chi connectivity index (χ1n) is 9.31. The second-order valence-electron chi connectivity index (χ2n) is 7.05. The number of hydrogen-bond donors (Lipinski definition) is 0. The Morgan fingerprint density at radius 1 is 0.964 bits per heavy atom. The number of aryl methyl sites for hydroxylation is 1. The van der Waals surface area contributed by atoms with E-state index in [4.69, 9.17) is 4.74 Å². The fourth-order valence-electron chi connectivity index (χ4n) is 3.32. The highest BCUT2D eigenvalue weighted by Gasteiger charge is 2.18. The summed E-state index contributed by atoms with van der Waals surface area (Å²) in [4.78, 5) is 10.4. The van der Waals surface area contributed by atoms with E-state index >= 15 is 0 Å². The molecule has 2 aromatic heterocycles. The number of benzene rings is 2. The van der Waals surface area contributed by atoms with Crippen LogP contribution in [0.5, 0.6) is 5.75 Å². The molecule has 4 aromatic rings. The second kappa shape index (κ2) is 7.68. The molecule has 0 N–H and O–H groups in total. The Morgan fingerprint density at radius 3 is 2.32 bits per heavy atom. The van der Waals surface area contributed by atoms with E-state index in [1.165, 1.54) is 10.5 Å². The SMILES string of the molecule is COc1ccc(-c2cc3c(Sc4ccc(C)cc4)ncnc3n2C(C)C)cc1. The van der Waals surface area contributed by atoms with Crippen molar-refractivity contribution in [2.45, 2.75) is 36.7 Å². The van der Waals surface area contributed by atoms with Crippen LogP contribution in [-0.2, 0) is 0 Å². The molecule has 0 amide bonds. The summed E-state index contributed by atoms with van der Waals surface area (Å²) < 4.78 is 7.58. The van der Waals surface area contributed by atoms with Gasteiger partial charge in [0.15, 0.2) is 0 Å². The Morgan fingerprint density at radius 2 is 1.68 bits per heavy atom. The summed E-state index contributed by atoms with van der Waals surface area (Å²) in [6.45, 7) is 6.46. The van der Waals surface area contributed by atoms with E-state index in [9.17, 15) is 0 Å². The maximum Gasteiger partial charge on any atom is 0.145 e. The number of nitrogens with zero attached hydrogens (tertiary/aromatic N) is 3. The topological polar surface area (TPSA) is 39.9 Å². The van der Waals surface area contributed by atoms with Crippen LogP contribution in [0.1, 0.15) is 25.5 Å². The minimum atomic E-state index is 0.279. The van der Waals surface area contributed by atoms with E-state index in [-0.39, 0.29) is 6.04 Å². The summed E-state index contributed by atoms with van der Waals surface area (Å²) in [6.07, 6.45) is 1.66. The molecular weight excluding hydrogens is 366 g/mol. The van der Waals surface area contributed by atoms with Crippen molar-refractivity contribution in [2.24, 2.45) is 0 Å². The molecule has 0 fully saturated rings. The van der Waals surface area contributed by atoms with Gasteiger partial charge in [-0.1, -0.05) is 29.5 Å². The predicted molar refractivity (Wildman–Crippen MR) is 115 cm³/mol. The number of methoxy groups -OCH3 is 1. The van der Waals surface area contributed by atoms with E-state index in [0.717, 1.165) is 33.1 Å². The molecule has 142 valence electrons. The van der Waals surface area contributed by atoms with Crippen LogP contribution in [0.2, 0.25) is 0 Å². The molecule has 0 spiro atoms. The molecule has 28 heavy (non-hydrogen) atoms. The number of ether oxygens (including phenoxy) is 1. The van der Waals surface area contributed by atoms with Crippen LogP contribution in [0, 0.1) is 6.92 Å². The predicted octanol–water partition coefficient (Wildman–Crippen LogP) is 6.15. The number of rotatable bonds is 5. The van der Waals surface area contributed by atoms with Gasteiger partial charge in [0, 0.05) is 10.9 Å². The lowest BCUT2D eigenvalue weighted by Crippen LogP contribution is -2.04. The van der Waals surface area contributed by atoms with Crippen molar-refractivity contribution in [3.63, 3.8) is 0 Å². The fraction of sp³-hybridized carbons (Fsp3) is 0.217. The molecule has 0 aliphatic rings. The van der Waals surface area contributed by atoms with Crippen LogP contribution >= 0.6 is 11.8 Å². The maximum absolute atomic E-state index is 5.30. The molecular formula is C23H23N3OS. The quantitative estimate of drug-likeness (QED) is 0.384. The molecule has 0 aliphatic carbocycles. The summed E-state index contributed by atoms with van der Waals surface area (Å²) in [7, 11) is 1.68. The van der Waals surface area contributed by atoms with Crippen molar-refractivity contribution in [1.82, 2.24) is 14.5 Å². The third kappa shape index (κ3) is 3.50. The molecule has 0 unspecified atom stereocenters. The lowest BCUT2D eigenvalue weighted by molar-refractivity contribution is 0.415. The smallest absolute Gasteiger partial charge is 0.145 e. The lowest BCUT2D eigenvalue weighted by atomic mass is 10.1. The van der Waals surface area contributed by atoms with Crippen LogP contribution < -0.4 is 4.74 Å². The van der Waals surface area contributed by atoms with Gasteiger partial charge >= 0.3 is 0 Å². The van der Waals surface area contributed by atoms with Crippen LogP contribution in [0.25, 0.3) is 22.3 Å². The summed E-state index contributed by atoms with van der Waals surface area (Å²) >= 11 is 1.68. The van der Waals surface area contributed by atoms with Crippen LogP contribution in [0.3, 0.4) is 0 Å². The van der Waals surface area contributed by atoms with Crippen molar-refractivity contribution in [3.8, 4) is 17.0 Å². The second-order valence-corrected chi connectivity index (χ2v) is 8.12. The Bertz CT molecular complexity index is 1100. The molecule has 0 radical (unpaired) electrons. The van der Waals surface area contributed by atoms with Gasteiger partial charge in [0.1, 0.15) is 22.7 Å². The zero-order valence-electron chi connectivity index (χ0n) is 16.5. The highest BCUT2D eigenvalue weighted by Crippen LogP contribution is 2.37. The number of aromatic nitrogens is 3. The van der Waals surface area contributed by atoms with Gasteiger partial charge in [-0.3, -0.25) is 0 Å². The van der Waals surface area contributed by atoms with Gasteiger partial charge in [0.2, 0.25) is 0 Å². The summed E-state index contributed by atoms with van der Waals surface area (Å²) in [5.74, 6) is 0.853. The van der Waals surface area contributed by atoms with Crippen molar-refractivity contribution in [1.29, 1.82) is 0 Å². The Hall–Kier alpha value is -2.79. The molecule has 0 saturated heterocycles. The fourth-order valence-corrected chi connectivity index (χ4v) is 4.17. The van der Waals surface area contributed by atoms with E-state index in [1.54, 1.807) is 25.2 Å². The summed E-state index contributed by atoms with van der Waals surface area (Å²) in [5, 5.41) is 2.05. The van der Waals surface area contributed by atoms with Gasteiger partial charge in [0.05, 0.1) is 18.2 Å². The Kier molecular flexibility index (Phi) is 5.09. The van der Waals surface area contributed by atoms with Gasteiger partial charge in [-0.05, 0) is 68.8 Å². The van der Waals surface area contributed by atoms with E-state index in [0.29, 0.717) is 0 Å². The van der Waals surface area contributed by atoms with Crippen molar-refractivity contribution in [2.75, 3.05) is 7.11 Å². The van der Waals surface area contributed by atoms with Gasteiger partial charge in [-0.2, -0.15) is 0 Å². The van der Waals surface area contributed by atoms with E-state index < -0.39 is 0 Å². The molecule has 5 heteroatoms. The van der Waals surface area contributed by atoms with Gasteiger partial charge in [-0.25, -0.2) is 9.97 Å². The third-order valence-corrected chi connectivity index (χ3v) is 5.76. The first kappa shape index (κ1) is 18.6. The molecule has 0 aliphatic heterocycles. The highest BCUT2D eigenvalue weighted by atomic mass is 32.2. The Balaban J connectivity index is 1.84. The first-order chi connectivity index (χ1) is 13.6. The van der Waals surface area contributed by atoms with Gasteiger partial charge < -0.3 is 9.30 Å². The average molecular weight is 390 g/mol. The monoisotopic (exact) mass is 389 g/mol. The number of hydrogen-bond acceptors (Lipinski definition) is 4. The third-order valence-electron chi connectivity index (χ3n) is 4.73. The average Bonchev–Trinajstić information content (AvgIpc) is 3.11. The van der Waals surface area contributed by atoms with E-state index in [1.807, 2.05) is 12.1 Å². The molecule has 4 rings (SSSR count). The highest BCUT2D eigenvalue weighted by molar-refractivity contribution is 7.99. The minimum absolute atomic E-state index is 0.279. The van der Waals surface area contributed by atoms with Crippen LogP contribution in [-0.4, -0.2) is 21.6 Å². The van der Waals surface area contributed by atoms with Gasteiger partial charge in [0.25, 0.3) is 0 Å².